The average molecular weight is 319 g/mol. The van der Waals surface area contributed by atoms with E-state index >= 15 is 0 Å². The molecule has 0 saturated heterocycles. The molecule has 0 heterocycles. The minimum Gasteiger partial charge on any atom is -0.314 e. The van der Waals surface area contributed by atoms with Gasteiger partial charge in [-0.2, -0.15) is 0 Å². The van der Waals surface area contributed by atoms with Crippen molar-refractivity contribution in [3.8, 4) is 0 Å². The number of rotatable bonds is 7. The second kappa shape index (κ2) is 8.12. The van der Waals surface area contributed by atoms with Crippen LogP contribution in [0.3, 0.4) is 0 Å². The van der Waals surface area contributed by atoms with E-state index in [1.807, 2.05) is 6.07 Å². The van der Waals surface area contributed by atoms with E-state index in [2.05, 4.69) is 47.2 Å². The fraction of sp³-hybridized carbons (Fsp3) is 0.571. The zero-order valence-corrected chi connectivity index (χ0v) is 12.9. The highest BCUT2D eigenvalue weighted by atomic mass is 79.9. The van der Waals surface area contributed by atoms with Crippen LogP contribution in [0.25, 0.3) is 0 Å². The van der Waals surface area contributed by atoms with Crippen molar-refractivity contribution in [3.63, 3.8) is 0 Å². The fourth-order valence-corrected chi connectivity index (χ4v) is 2.58. The van der Waals surface area contributed by atoms with E-state index in [-0.39, 0.29) is 0 Å². The van der Waals surface area contributed by atoms with Crippen LogP contribution in [-0.4, -0.2) is 12.6 Å². The predicted octanol–water partition coefficient (Wildman–Crippen LogP) is 4.81. The summed E-state index contributed by atoms with van der Waals surface area (Å²) in [6.45, 7) is 5.56. The molecule has 17 heavy (non-hydrogen) atoms. The van der Waals surface area contributed by atoms with Crippen LogP contribution >= 0.6 is 27.5 Å². The highest BCUT2D eigenvalue weighted by Gasteiger charge is 2.03. The summed E-state index contributed by atoms with van der Waals surface area (Å²) in [6, 6.07) is 6.73. The average Bonchev–Trinajstić information content (AvgIpc) is 2.29. The summed E-state index contributed by atoms with van der Waals surface area (Å²) in [7, 11) is 0. The highest BCUT2D eigenvalue weighted by molar-refractivity contribution is 9.10. The number of benzene rings is 1. The Morgan fingerprint density at radius 2 is 2.18 bits per heavy atom. The molecule has 1 aromatic carbocycles. The first-order valence-electron chi connectivity index (χ1n) is 6.30. The molecule has 1 rings (SSSR count). The molecule has 3 heteroatoms. The molecule has 0 aliphatic carbocycles. The Bertz CT molecular complexity index is 341. The predicted molar refractivity (Wildman–Crippen MR) is 79.8 cm³/mol. The molecule has 0 spiro atoms. The number of nitrogens with one attached hydrogen (secondary N) is 1. The summed E-state index contributed by atoms with van der Waals surface area (Å²) in [5.74, 6) is 0. The lowest BCUT2D eigenvalue weighted by atomic mass is 10.1. The van der Waals surface area contributed by atoms with E-state index in [1.165, 1.54) is 24.8 Å². The topological polar surface area (TPSA) is 12.0 Å². The molecule has 1 nitrogen and oxygen atoms in total. The van der Waals surface area contributed by atoms with Crippen molar-refractivity contribution < 1.29 is 0 Å². The number of hydrogen-bond donors (Lipinski definition) is 1. The fourth-order valence-electron chi connectivity index (χ4n) is 1.82. The molecule has 96 valence electrons. The maximum Gasteiger partial charge on any atom is 0.0449 e. The molecule has 1 aromatic rings. The van der Waals surface area contributed by atoms with Gasteiger partial charge in [-0.15, -0.1) is 0 Å². The molecular weight excluding hydrogens is 298 g/mol. The van der Waals surface area contributed by atoms with Gasteiger partial charge in [0, 0.05) is 15.5 Å². The third kappa shape index (κ3) is 5.89. The summed E-state index contributed by atoms with van der Waals surface area (Å²) in [4.78, 5) is 0. The molecule has 0 saturated carbocycles. The smallest absolute Gasteiger partial charge is 0.0449 e. The van der Waals surface area contributed by atoms with Gasteiger partial charge in [0.25, 0.3) is 0 Å². The zero-order valence-electron chi connectivity index (χ0n) is 10.6. The molecule has 1 atom stereocenters. The molecule has 0 fully saturated rings. The van der Waals surface area contributed by atoms with Gasteiger partial charge >= 0.3 is 0 Å². The van der Waals surface area contributed by atoms with Crippen molar-refractivity contribution >= 4 is 27.5 Å². The van der Waals surface area contributed by atoms with Crippen molar-refractivity contribution in [3.05, 3.63) is 33.3 Å². The summed E-state index contributed by atoms with van der Waals surface area (Å²) in [5.41, 5.74) is 1.25. The van der Waals surface area contributed by atoms with Crippen LogP contribution in [0.2, 0.25) is 5.02 Å². The molecular formula is C14H21BrClN. The lowest BCUT2D eigenvalue weighted by Crippen LogP contribution is -2.26. The Morgan fingerprint density at radius 3 is 2.82 bits per heavy atom. The van der Waals surface area contributed by atoms with Crippen molar-refractivity contribution in [2.24, 2.45) is 0 Å². The van der Waals surface area contributed by atoms with Crippen LogP contribution in [0, 0.1) is 0 Å². The van der Waals surface area contributed by atoms with Crippen LogP contribution < -0.4 is 5.32 Å². The second-order valence-corrected chi connectivity index (χ2v) is 5.81. The van der Waals surface area contributed by atoms with Crippen LogP contribution in [0.1, 0.15) is 38.7 Å². The Balaban J connectivity index is 2.30. The Hall–Kier alpha value is -0.0500. The van der Waals surface area contributed by atoms with E-state index in [1.54, 1.807) is 0 Å². The molecule has 1 unspecified atom stereocenters. The number of hydrogen-bond acceptors (Lipinski definition) is 1. The molecule has 0 radical (unpaired) electrons. The lowest BCUT2D eigenvalue weighted by molar-refractivity contribution is 0.498. The van der Waals surface area contributed by atoms with Gasteiger partial charge in [0.1, 0.15) is 0 Å². The van der Waals surface area contributed by atoms with Crippen molar-refractivity contribution in [1.82, 2.24) is 5.32 Å². The normalized spacial score (nSPS) is 12.7. The standard InChI is InChI=1S/C14H21BrClN/c1-3-9-17-11(2)5-4-6-12-7-8-13(15)10-14(12)16/h7-8,10-11,17H,3-6,9H2,1-2H3. The van der Waals surface area contributed by atoms with Crippen LogP contribution in [0.4, 0.5) is 0 Å². The van der Waals surface area contributed by atoms with E-state index in [0.29, 0.717) is 6.04 Å². The first-order chi connectivity index (χ1) is 8.13. The van der Waals surface area contributed by atoms with Crippen LogP contribution in [0.15, 0.2) is 22.7 Å². The van der Waals surface area contributed by atoms with Gasteiger partial charge in [-0.25, -0.2) is 0 Å². The van der Waals surface area contributed by atoms with Gasteiger partial charge in [0.15, 0.2) is 0 Å². The van der Waals surface area contributed by atoms with Crippen molar-refractivity contribution in [2.75, 3.05) is 6.54 Å². The van der Waals surface area contributed by atoms with Gasteiger partial charge in [-0.05, 0) is 56.8 Å². The number of aryl methyl sites for hydroxylation is 1. The van der Waals surface area contributed by atoms with E-state index < -0.39 is 0 Å². The molecule has 0 bridgehead atoms. The monoisotopic (exact) mass is 317 g/mol. The molecule has 0 aliphatic rings. The summed E-state index contributed by atoms with van der Waals surface area (Å²) in [5, 5.41) is 4.37. The SMILES string of the molecule is CCCNC(C)CCCc1ccc(Br)cc1Cl. The molecule has 0 amide bonds. The molecule has 0 aliphatic heterocycles. The summed E-state index contributed by atoms with van der Waals surface area (Å²) in [6.07, 6.45) is 4.64. The summed E-state index contributed by atoms with van der Waals surface area (Å²) >= 11 is 9.60. The maximum atomic E-state index is 6.18. The first kappa shape index (κ1) is 15.0. The first-order valence-corrected chi connectivity index (χ1v) is 7.48. The largest absolute Gasteiger partial charge is 0.314 e. The Kier molecular flexibility index (Phi) is 7.17. The van der Waals surface area contributed by atoms with Gasteiger partial charge in [-0.3, -0.25) is 0 Å². The third-order valence-electron chi connectivity index (χ3n) is 2.84. The van der Waals surface area contributed by atoms with E-state index in [0.717, 1.165) is 22.5 Å². The Labute approximate surface area is 118 Å². The van der Waals surface area contributed by atoms with Crippen molar-refractivity contribution in [2.45, 2.75) is 45.6 Å². The van der Waals surface area contributed by atoms with E-state index in [9.17, 15) is 0 Å². The zero-order chi connectivity index (χ0) is 12.7. The molecule has 0 aromatic heterocycles. The van der Waals surface area contributed by atoms with E-state index in [4.69, 9.17) is 11.6 Å². The second-order valence-electron chi connectivity index (χ2n) is 4.48. The Morgan fingerprint density at radius 1 is 1.41 bits per heavy atom. The third-order valence-corrected chi connectivity index (χ3v) is 3.69. The minimum absolute atomic E-state index is 0.601. The maximum absolute atomic E-state index is 6.18. The van der Waals surface area contributed by atoms with Gasteiger partial charge in [0.05, 0.1) is 0 Å². The minimum atomic E-state index is 0.601. The van der Waals surface area contributed by atoms with Crippen LogP contribution in [-0.2, 0) is 6.42 Å². The quantitative estimate of drug-likeness (QED) is 0.760. The van der Waals surface area contributed by atoms with Gasteiger partial charge in [-0.1, -0.05) is 40.5 Å². The van der Waals surface area contributed by atoms with Crippen LogP contribution in [0.5, 0.6) is 0 Å². The lowest BCUT2D eigenvalue weighted by Gasteiger charge is -2.13. The highest BCUT2D eigenvalue weighted by Crippen LogP contribution is 2.22. The van der Waals surface area contributed by atoms with Gasteiger partial charge in [0.2, 0.25) is 0 Å². The number of halogens is 2. The van der Waals surface area contributed by atoms with Crippen molar-refractivity contribution in [1.29, 1.82) is 0 Å². The summed E-state index contributed by atoms with van der Waals surface area (Å²) < 4.78 is 1.05. The molecule has 1 N–H and O–H groups in total. The van der Waals surface area contributed by atoms with Gasteiger partial charge < -0.3 is 5.32 Å².